The van der Waals surface area contributed by atoms with Gasteiger partial charge in [-0.15, -0.1) is 0 Å². The van der Waals surface area contributed by atoms with Crippen molar-refractivity contribution < 1.29 is 4.74 Å². The van der Waals surface area contributed by atoms with Crippen molar-refractivity contribution in [2.75, 3.05) is 26.8 Å². The predicted octanol–water partition coefficient (Wildman–Crippen LogP) is 1.22. The number of nitrogens with one attached hydrogen (secondary N) is 1. The van der Waals surface area contributed by atoms with Gasteiger partial charge < -0.3 is 10.1 Å². The van der Waals surface area contributed by atoms with Crippen LogP contribution in [0.1, 0.15) is 19.4 Å². The molecule has 1 heterocycles. The van der Waals surface area contributed by atoms with E-state index in [0.29, 0.717) is 0 Å². The molecule has 0 saturated carbocycles. The molecule has 4 heteroatoms. The fourth-order valence-electron chi connectivity index (χ4n) is 1.78. The van der Waals surface area contributed by atoms with Crippen LogP contribution in [0.15, 0.2) is 12.4 Å². The first-order valence-electron chi connectivity index (χ1n) is 5.71. The number of hydrogen-bond donors (Lipinski definition) is 1. The monoisotopic (exact) mass is 225 g/mol. The van der Waals surface area contributed by atoms with Crippen molar-refractivity contribution in [3.8, 4) is 0 Å². The van der Waals surface area contributed by atoms with Crippen molar-refractivity contribution in [1.82, 2.24) is 15.1 Å². The summed E-state index contributed by atoms with van der Waals surface area (Å²) in [6, 6.07) is 0. The third-order valence-corrected chi connectivity index (χ3v) is 2.53. The molecule has 1 aromatic rings. The number of aryl methyl sites for hydroxylation is 1. The molecule has 16 heavy (non-hydrogen) atoms. The largest absolute Gasteiger partial charge is 0.383 e. The molecule has 0 saturated heterocycles. The molecule has 0 amide bonds. The van der Waals surface area contributed by atoms with Gasteiger partial charge in [0.1, 0.15) is 0 Å². The molecule has 1 rings (SSSR count). The van der Waals surface area contributed by atoms with E-state index in [-0.39, 0.29) is 5.41 Å². The second-order valence-corrected chi connectivity index (χ2v) is 5.03. The Morgan fingerprint density at radius 3 is 2.81 bits per heavy atom. The van der Waals surface area contributed by atoms with Crippen molar-refractivity contribution >= 4 is 0 Å². The lowest BCUT2D eigenvalue weighted by atomic mass is 9.87. The highest BCUT2D eigenvalue weighted by molar-refractivity contribution is 5.06. The number of nitrogens with zero attached hydrogens (tertiary/aromatic N) is 2. The summed E-state index contributed by atoms with van der Waals surface area (Å²) in [7, 11) is 3.68. The van der Waals surface area contributed by atoms with Gasteiger partial charge in [-0.25, -0.2) is 0 Å². The highest BCUT2D eigenvalue weighted by Gasteiger charge is 2.18. The second kappa shape index (κ2) is 6.01. The van der Waals surface area contributed by atoms with Crippen molar-refractivity contribution in [2.24, 2.45) is 12.5 Å². The topological polar surface area (TPSA) is 39.1 Å². The number of hydrogen-bond acceptors (Lipinski definition) is 3. The van der Waals surface area contributed by atoms with E-state index in [1.807, 2.05) is 17.9 Å². The zero-order valence-corrected chi connectivity index (χ0v) is 10.8. The highest BCUT2D eigenvalue weighted by atomic mass is 16.5. The Hall–Kier alpha value is -0.870. The third-order valence-electron chi connectivity index (χ3n) is 2.53. The molecule has 0 atom stereocenters. The Labute approximate surface area is 98.0 Å². The van der Waals surface area contributed by atoms with Crippen LogP contribution in [-0.2, 0) is 18.2 Å². The van der Waals surface area contributed by atoms with E-state index in [0.717, 1.165) is 26.1 Å². The molecule has 92 valence electrons. The van der Waals surface area contributed by atoms with Gasteiger partial charge in [-0.05, 0) is 17.4 Å². The van der Waals surface area contributed by atoms with Crippen LogP contribution < -0.4 is 5.32 Å². The summed E-state index contributed by atoms with van der Waals surface area (Å²) in [4.78, 5) is 0. The second-order valence-electron chi connectivity index (χ2n) is 5.03. The molecule has 0 aromatic carbocycles. The van der Waals surface area contributed by atoms with Crippen LogP contribution in [0, 0.1) is 5.41 Å². The number of rotatable bonds is 7. The smallest absolute Gasteiger partial charge is 0.0587 e. The number of methoxy groups -OCH3 is 1. The van der Waals surface area contributed by atoms with Crippen LogP contribution >= 0.6 is 0 Å². The van der Waals surface area contributed by atoms with E-state index in [1.54, 1.807) is 7.11 Å². The summed E-state index contributed by atoms with van der Waals surface area (Å²) < 4.78 is 6.85. The predicted molar refractivity (Wildman–Crippen MR) is 65.4 cm³/mol. The minimum absolute atomic E-state index is 0.247. The van der Waals surface area contributed by atoms with Gasteiger partial charge in [-0.2, -0.15) is 5.10 Å². The number of ether oxygens (including phenoxy) is 1. The summed E-state index contributed by atoms with van der Waals surface area (Å²) >= 11 is 0. The fourth-order valence-corrected chi connectivity index (χ4v) is 1.78. The fraction of sp³-hybridized carbons (Fsp3) is 0.750. The maximum atomic E-state index is 5.00. The summed E-state index contributed by atoms with van der Waals surface area (Å²) in [5, 5.41) is 7.59. The summed E-state index contributed by atoms with van der Waals surface area (Å²) in [5.41, 5.74) is 1.54. The molecule has 0 unspecified atom stereocenters. The maximum absolute atomic E-state index is 5.00. The minimum Gasteiger partial charge on any atom is -0.383 e. The highest BCUT2D eigenvalue weighted by Crippen LogP contribution is 2.20. The average molecular weight is 225 g/mol. The van der Waals surface area contributed by atoms with Gasteiger partial charge in [0.25, 0.3) is 0 Å². The molecule has 0 spiro atoms. The molecule has 1 aromatic heterocycles. The third kappa shape index (κ3) is 4.77. The van der Waals surface area contributed by atoms with Gasteiger partial charge in [0, 0.05) is 33.4 Å². The molecular formula is C12H23N3O. The maximum Gasteiger partial charge on any atom is 0.0587 e. The Bertz CT molecular complexity index is 307. The zero-order chi connectivity index (χ0) is 12.0. The van der Waals surface area contributed by atoms with Gasteiger partial charge in [0.2, 0.25) is 0 Å². The van der Waals surface area contributed by atoms with Crippen molar-refractivity contribution in [3.63, 3.8) is 0 Å². The van der Waals surface area contributed by atoms with E-state index in [2.05, 4.69) is 30.5 Å². The molecule has 0 aliphatic rings. The molecule has 0 fully saturated rings. The summed E-state index contributed by atoms with van der Waals surface area (Å²) in [6.07, 6.45) is 5.06. The summed E-state index contributed by atoms with van der Waals surface area (Å²) in [6.45, 7) is 7.20. The number of aromatic nitrogens is 2. The van der Waals surface area contributed by atoms with Crippen LogP contribution in [0.4, 0.5) is 0 Å². The Morgan fingerprint density at radius 1 is 1.50 bits per heavy atom. The molecule has 0 bridgehead atoms. The standard InChI is InChI=1S/C12H23N3O/c1-12(2,10-13-5-6-16-4)7-11-8-14-15(3)9-11/h8-9,13H,5-7,10H2,1-4H3. The van der Waals surface area contributed by atoms with Gasteiger partial charge in [-0.3, -0.25) is 4.68 Å². The zero-order valence-electron chi connectivity index (χ0n) is 10.8. The van der Waals surface area contributed by atoms with E-state index in [4.69, 9.17) is 4.74 Å². The molecule has 4 nitrogen and oxygen atoms in total. The van der Waals surface area contributed by atoms with Gasteiger partial charge in [0.05, 0.1) is 12.8 Å². The van der Waals surface area contributed by atoms with Gasteiger partial charge >= 0.3 is 0 Å². The average Bonchev–Trinajstić information content (AvgIpc) is 2.58. The molecule has 0 aliphatic carbocycles. The molecular weight excluding hydrogens is 202 g/mol. The van der Waals surface area contributed by atoms with E-state index in [1.165, 1.54) is 5.56 Å². The summed E-state index contributed by atoms with van der Waals surface area (Å²) in [5.74, 6) is 0. The molecule has 0 aliphatic heterocycles. The molecule has 1 N–H and O–H groups in total. The lowest BCUT2D eigenvalue weighted by Gasteiger charge is -2.24. The van der Waals surface area contributed by atoms with Crippen LogP contribution in [-0.4, -0.2) is 36.6 Å². The lowest BCUT2D eigenvalue weighted by Crippen LogP contribution is -2.33. The van der Waals surface area contributed by atoms with Crippen LogP contribution in [0.3, 0.4) is 0 Å². The molecule has 0 radical (unpaired) electrons. The normalized spacial score (nSPS) is 12.0. The Kier molecular flexibility index (Phi) is 4.96. The van der Waals surface area contributed by atoms with Crippen LogP contribution in [0.2, 0.25) is 0 Å². The van der Waals surface area contributed by atoms with E-state index >= 15 is 0 Å². The Morgan fingerprint density at radius 2 is 2.25 bits per heavy atom. The Balaban J connectivity index is 2.33. The minimum atomic E-state index is 0.247. The van der Waals surface area contributed by atoms with Gasteiger partial charge in [0.15, 0.2) is 0 Å². The van der Waals surface area contributed by atoms with E-state index < -0.39 is 0 Å². The SMILES string of the molecule is COCCNCC(C)(C)Cc1cnn(C)c1. The van der Waals surface area contributed by atoms with Crippen molar-refractivity contribution in [2.45, 2.75) is 20.3 Å². The van der Waals surface area contributed by atoms with Crippen LogP contribution in [0.25, 0.3) is 0 Å². The first kappa shape index (κ1) is 13.2. The van der Waals surface area contributed by atoms with Crippen LogP contribution in [0.5, 0.6) is 0 Å². The van der Waals surface area contributed by atoms with Crippen molar-refractivity contribution in [1.29, 1.82) is 0 Å². The lowest BCUT2D eigenvalue weighted by molar-refractivity contribution is 0.194. The quantitative estimate of drug-likeness (QED) is 0.709. The van der Waals surface area contributed by atoms with Gasteiger partial charge in [-0.1, -0.05) is 13.8 Å². The first-order valence-corrected chi connectivity index (χ1v) is 5.71. The van der Waals surface area contributed by atoms with E-state index in [9.17, 15) is 0 Å². The van der Waals surface area contributed by atoms with Crippen molar-refractivity contribution in [3.05, 3.63) is 18.0 Å². The first-order chi connectivity index (χ1) is 7.53.